The van der Waals surface area contributed by atoms with Gasteiger partial charge in [0.1, 0.15) is 11.9 Å². The van der Waals surface area contributed by atoms with Gasteiger partial charge in [-0.2, -0.15) is 5.10 Å². The number of morpholine rings is 1. The second kappa shape index (κ2) is 8.37. The summed E-state index contributed by atoms with van der Waals surface area (Å²) < 4.78 is 13.4. The molecule has 0 amide bonds. The minimum Gasteiger partial charge on any atom is -0.497 e. The number of aromatic nitrogens is 3. The molecule has 0 unspecified atom stereocenters. The molecule has 0 saturated carbocycles. The van der Waals surface area contributed by atoms with E-state index in [1.165, 1.54) is 5.56 Å². The van der Waals surface area contributed by atoms with E-state index in [-0.39, 0.29) is 6.10 Å². The number of nitrogens with zero attached hydrogens (tertiary/aromatic N) is 4. The van der Waals surface area contributed by atoms with Gasteiger partial charge >= 0.3 is 0 Å². The molecule has 7 nitrogen and oxygen atoms in total. The van der Waals surface area contributed by atoms with Gasteiger partial charge < -0.3 is 19.7 Å². The first-order valence-electron chi connectivity index (χ1n) is 9.82. The molecule has 1 aromatic carbocycles. The van der Waals surface area contributed by atoms with Crippen LogP contribution in [0, 0.1) is 0 Å². The summed E-state index contributed by atoms with van der Waals surface area (Å²) in [5, 5.41) is 8.33. The van der Waals surface area contributed by atoms with Crippen molar-refractivity contribution < 1.29 is 9.47 Å². The van der Waals surface area contributed by atoms with Gasteiger partial charge in [0, 0.05) is 19.5 Å². The van der Waals surface area contributed by atoms with Gasteiger partial charge in [0.15, 0.2) is 11.6 Å². The number of ether oxygens (including phenoxy) is 2. The summed E-state index contributed by atoms with van der Waals surface area (Å²) in [6.45, 7) is 4.62. The number of piperidine rings is 1. The van der Waals surface area contributed by atoms with Crippen LogP contribution in [0.15, 0.2) is 24.3 Å². The predicted molar refractivity (Wildman–Crippen MR) is 103 cm³/mol. The topological polar surface area (TPSA) is 64.4 Å². The third-order valence-electron chi connectivity index (χ3n) is 5.47. The number of hydrogen-bond acceptors (Lipinski definition) is 6. The maximum absolute atomic E-state index is 6.00. The predicted octanol–water partition coefficient (Wildman–Crippen LogP) is 1.81. The molecule has 1 aromatic heterocycles. The summed E-state index contributed by atoms with van der Waals surface area (Å²) >= 11 is 0. The molecule has 4 rings (SSSR count). The maximum Gasteiger partial charge on any atom is 0.157 e. The number of nitrogens with one attached hydrogen (secondary N) is 1. The molecule has 0 aliphatic carbocycles. The molecular formula is C20H29N5O2. The Morgan fingerprint density at radius 1 is 1.22 bits per heavy atom. The fourth-order valence-electron chi connectivity index (χ4n) is 3.84. The lowest BCUT2D eigenvalue weighted by Gasteiger charge is -2.31. The average Bonchev–Trinajstić information content (AvgIpc) is 3.13. The molecule has 3 heterocycles. The zero-order chi connectivity index (χ0) is 18.6. The van der Waals surface area contributed by atoms with Gasteiger partial charge in [-0.05, 0) is 50.7 Å². The standard InChI is InChI=1S/C20H29N5O2/c1-24-10-7-16(8-11-24)25-20(18-14-21-9-12-27-18)22-19(23-25)13-15-3-5-17(26-2)6-4-15/h3-6,16,18,21H,7-14H2,1-2H3/t18-/m0/s1. The minimum absolute atomic E-state index is 0.0180. The summed E-state index contributed by atoms with van der Waals surface area (Å²) in [5.74, 6) is 2.70. The van der Waals surface area contributed by atoms with Gasteiger partial charge in [0.05, 0.1) is 19.8 Å². The Hall–Kier alpha value is -1.96. The second-order valence-corrected chi connectivity index (χ2v) is 7.45. The lowest BCUT2D eigenvalue weighted by molar-refractivity contribution is 0.0171. The summed E-state index contributed by atoms with van der Waals surface area (Å²) in [4.78, 5) is 7.29. The van der Waals surface area contributed by atoms with Gasteiger partial charge in [-0.15, -0.1) is 0 Å². The highest BCUT2D eigenvalue weighted by atomic mass is 16.5. The van der Waals surface area contributed by atoms with Gasteiger partial charge in [-0.25, -0.2) is 9.67 Å². The van der Waals surface area contributed by atoms with E-state index in [0.29, 0.717) is 6.04 Å². The van der Waals surface area contributed by atoms with E-state index in [1.54, 1.807) is 7.11 Å². The molecule has 2 aliphatic rings. The highest BCUT2D eigenvalue weighted by molar-refractivity contribution is 5.28. The molecule has 7 heteroatoms. The van der Waals surface area contributed by atoms with E-state index in [4.69, 9.17) is 19.6 Å². The van der Waals surface area contributed by atoms with E-state index in [2.05, 4.69) is 34.1 Å². The van der Waals surface area contributed by atoms with Crippen LogP contribution in [0.3, 0.4) is 0 Å². The van der Waals surface area contributed by atoms with E-state index < -0.39 is 0 Å². The molecule has 0 radical (unpaired) electrons. The van der Waals surface area contributed by atoms with Crippen LogP contribution in [0.25, 0.3) is 0 Å². The first kappa shape index (κ1) is 18.4. The fourth-order valence-corrected chi connectivity index (χ4v) is 3.84. The molecular weight excluding hydrogens is 342 g/mol. The Morgan fingerprint density at radius 2 is 2.00 bits per heavy atom. The summed E-state index contributed by atoms with van der Waals surface area (Å²) in [6, 6.07) is 8.52. The maximum atomic E-state index is 6.00. The van der Waals surface area contributed by atoms with Crippen molar-refractivity contribution >= 4 is 0 Å². The summed E-state index contributed by atoms with van der Waals surface area (Å²) in [5.41, 5.74) is 1.19. The Bertz CT molecular complexity index is 731. The van der Waals surface area contributed by atoms with Gasteiger partial charge in [-0.1, -0.05) is 12.1 Å². The van der Waals surface area contributed by atoms with Crippen LogP contribution in [-0.2, 0) is 11.2 Å². The zero-order valence-corrected chi connectivity index (χ0v) is 16.2. The number of benzene rings is 1. The van der Waals surface area contributed by atoms with Crippen LogP contribution < -0.4 is 10.1 Å². The van der Waals surface area contributed by atoms with Crippen molar-refractivity contribution in [2.75, 3.05) is 46.9 Å². The normalized spacial score (nSPS) is 22.1. The highest BCUT2D eigenvalue weighted by Gasteiger charge is 2.28. The minimum atomic E-state index is -0.0180. The highest BCUT2D eigenvalue weighted by Crippen LogP contribution is 2.27. The molecule has 0 spiro atoms. The third kappa shape index (κ3) is 4.31. The summed E-state index contributed by atoms with van der Waals surface area (Å²) in [6.07, 6.45) is 2.91. The van der Waals surface area contributed by atoms with Crippen molar-refractivity contribution in [1.82, 2.24) is 25.0 Å². The SMILES string of the molecule is COc1ccc(Cc2nc([C@@H]3CNCCO3)n(C3CCN(C)CC3)n2)cc1. The quantitative estimate of drug-likeness (QED) is 0.865. The Labute approximate surface area is 160 Å². The van der Waals surface area contributed by atoms with Gasteiger partial charge in [0.25, 0.3) is 0 Å². The Morgan fingerprint density at radius 3 is 2.67 bits per heavy atom. The van der Waals surface area contributed by atoms with Crippen molar-refractivity contribution in [3.05, 3.63) is 41.5 Å². The van der Waals surface area contributed by atoms with Crippen LogP contribution >= 0.6 is 0 Å². The van der Waals surface area contributed by atoms with Crippen LogP contribution in [0.1, 0.15) is 42.2 Å². The van der Waals surface area contributed by atoms with E-state index in [0.717, 1.165) is 69.4 Å². The Balaban J connectivity index is 1.57. The van der Waals surface area contributed by atoms with Crippen molar-refractivity contribution in [3.8, 4) is 5.75 Å². The fraction of sp³-hybridized carbons (Fsp3) is 0.600. The molecule has 1 N–H and O–H groups in total. The van der Waals surface area contributed by atoms with Gasteiger partial charge in [-0.3, -0.25) is 0 Å². The van der Waals surface area contributed by atoms with Crippen molar-refractivity contribution in [2.24, 2.45) is 0 Å². The lowest BCUT2D eigenvalue weighted by Crippen LogP contribution is -2.37. The molecule has 2 aromatic rings. The molecule has 0 bridgehead atoms. The van der Waals surface area contributed by atoms with Crippen molar-refractivity contribution in [1.29, 1.82) is 0 Å². The molecule has 146 valence electrons. The summed E-state index contributed by atoms with van der Waals surface area (Å²) in [7, 11) is 3.87. The van der Waals surface area contributed by atoms with Crippen molar-refractivity contribution in [2.45, 2.75) is 31.4 Å². The number of hydrogen-bond donors (Lipinski definition) is 1. The van der Waals surface area contributed by atoms with E-state index >= 15 is 0 Å². The number of rotatable bonds is 5. The smallest absolute Gasteiger partial charge is 0.157 e. The first-order valence-corrected chi connectivity index (χ1v) is 9.82. The Kier molecular flexibility index (Phi) is 5.71. The third-order valence-corrected chi connectivity index (χ3v) is 5.47. The first-order chi connectivity index (χ1) is 13.2. The number of likely N-dealkylation sites (tertiary alicyclic amines) is 1. The number of methoxy groups -OCH3 is 1. The molecule has 1 atom stereocenters. The van der Waals surface area contributed by atoms with Crippen LogP contribution in [0.4, 0.5) is 0 Å². The average molecular weight is 371 g/mol. The largest absolute Gasteiger partial charge is 0.497 e. The van der Waals surface area contributed by atoms with Crippen LogP contribution in [0.5, 0.6) is 5.75 Å². The zero-order valence-electron chi connectivity index (χ0n) is 16.2. The molecule has 2 fully saturated rings. The molecule has 27 heavy (non-hydrogen) atoms. The van der Waals surface area contributed by atoms with E-state index in [9.17, 15) is 0 Å². The molecule has 2 aliphatic heterocycles. The van der Waals surface area contributed by atoms with E-state index in [1.807, 2.05) is 12.1 Å². The lowest BCUT2D eigenvalue weighted by atomic mass is 10.1. The molecule has 2 saturated heterocycles. The van der Waals surface area contributed by atoms with Crippen molar-refractivity contribution in [3.63, 3.8) is 0 Å². The monoisotopic (exact) mass is 371 g/mol. The second-order valence-electron chi connectivity index (χ2n) is 7.45. The van der Waals surface area contributed by atoms with Crippen LogP contribution in [0.2, 0.25) is 0 Å². The van der Waals surface area contributed by atoms with Gasteiger partial charge in [0.2, 0.25) is 0 Å². The van der Waals surface area contributed by atoms with Crippen LogP contribution in [-0.4, -0.2) is 66.6 Å².